The molecule has 1 aromatic rings. The van der Waals surface area contributed by atoms with Gasteiger partial charge in [0, 0.05) is 24.1 Å². The highest BCUT2D eigenvalue weighted by Crippen LogP contribution is 2.30. The minimum Gasteiger partial charge on any atom is -0.355 e. The Hall–Kier alpha value is -1.33. The maximum atomic E-state index is 14.1. The van der Waals surface area contributed by atoms with Crippen LogP contribution in [0.4, 0.5) is 4.39 Å². The summed E-state index contributed by atoms with van der Waals surface area (Å²) in [6.45, 7) is 0.225. The lowest BCUT2D eigenvalue weighted by molar-refractivity contribution is -0.0492. The number of aliphatic hydroxyl groups excluding tert-OH is 1. The van der Waals surface area contributed by atoms with Crippen molar-refractivity contribution in [2.75, 3.05) is 7.05 Å². The molecule has 1 aromatic carbocycles. The number of halogens is 2. The zero-order valence-electron chi connectivity index (χ0n) is 13.4. The number of benzene rings is 1. The predicted octanol–water partition coefficient (Wildman–Crippen LogP) is 3.79. The molecule has 1 atom stereocenters. The second-order valence-corrected chi connectivity index (χ2v) is 6.88. The lowest BCUT2D eigenvalue weighted by atomic mass is 9.86. The Morgan fingerprint density at radius 1 is 1.30 bits per heavy atom. The molecule has 0 aromatic heterocycles. The first-order chi connectivity index (χ1) is 11.1. The molecule has 1 fully saturated rings. The van der Waals surface area contributed by atoms with E-state index in [0.29, 0.717) is 16.5 Å². The van der Waals surface area contributed by atoms with Gasteiger partial charge >= 0.3 is 0 Å². The summed E-state index contributed by atoms with van der Waals surface area (Å²) in [7, 11) is 1.73. The Balaban J connectivity index is 1.76. The van der Waals surface area contributed by atoms with Crippen molar-refractivity contribution in [1.29, 1.82) is 0 Å². The van der Waals surface area contributed by atoms with Crippen molar-refractivity contribution in [2.45, 2.75) is 51.4 Å². The molecule has 0 radical (unpaired) electrons. The number of nitrogens with zero attached hydrogens (tertiary/aromatic N) is 3. The van der Waals surface area contributed by atoms with Gasteiger partial charge in [0.2, 0.25) is 6.35 Å². The van der Waals surface area contributed by atoms with E-state index in [-0.39, 0.29) is 12.4 Å². The zero-order valence-corrected chi connectivity index (χ0v) is 14.1. The molecule has 3 rings (SSSR count). The molecule has 23 heavy (non-hydrogen) atoms. The van der Waals surface area contributed by atoms with Gasteiger partial charge in [-0.25, -0.2) is 4.39 Å². The van der Waals surface area contributed by atoms with Crippen LogP contribution in [-0.2, 0) is 6.54 Å². The van der Waals surface area contributed by atoms with Gasteiger partial charge in [-0.2, -0.15) is 5.10 Å². The van der Waals surface area contributed by atoms with Crippen molar-refractivity contribution in [1.82, 2.24) is 9.91 Å². The average Bonchev–Trinajstić information content (AvgIpc) is 2.79. The Kier molecular flexibility index (Phi) is 5.07. The molecule has 1 unspecified atom stereocenters. The van der Waals surface area contributed by atoms with Crippen molar-refractivity contribution >= 4 is 17.4 Å². The minimum atomic E-state index is -0.871. The van der Waals surface area contributed by atoms with Crippen LogP contribution in [0.1, 0.15) is 44.1 Å². The summed E-state index contributed by atoms with van der Waals surface area (Å²) in [5.74, 6) is 1.07. The largest absolute Gasteiger partial charge is 0.355 e. The van der Waals surface area contributed by atoms with Crippen molar-refractivity contribution in [3.05, 3.63) is 34.6 Å². The van der Waals surface area contributed by atoms with Crippen LogP contribution in [0.2, 0.25) is 5.02 Å². The van der Waals surface area contributed by atoms with Gasteiger partial charge in [0.25, 0.3) is 0 Å². The third-order valence-electron chi connectivity index (χ3n) is 4.80. The van der Waals surface area contributed by atoms with E-state index in [1.54, 1.807) is 24.1 Å². The summed E-state index contributed by atoms with van der Waals surface area (Å²) in [6.07, 6.45) is 6.18. The van der Waals surface area contributed by atoms with Gasteiger partial charge in [-0.3, -0.25) is 5.01 Å². The van der Waals surface area contributed by atoms with E-state index in [2.05, 4.69) is 5.10 Å². The molecule has 1 heterocycles. The van der Waals surface area contributed by atoms with Crippen molar-refractivity contribution in [2.24, 2.45) is 11.0 Å². The first-order valence-corrected chi connectivity index (χ1v) is 8.62. The van der Waals surface area contributed by atoms with Gasteiger partial charge in [0.15, 0.2) is 0 Å². The van der Waals surface area contributed by atoms with E-state index in [9.17, 15) is 9.50 Å². The summed E-state index contributed by atoms with van der Waals surface area (Å²) >= 11 is 6.13. The minimum absolute atomic E-state index is 0.225. The molecule has 1 saturated carbocycles. The van der Waals surface area contributed by atoms with E-state index < -0.39 is 6.35 Å². The van der Waals surface area contributed by atoms with E-state index in [1.165, 1.54) is 43.2 Å². The van der Waals surface area contributed by atoms with Crippen LogP contribution in [0.5, 0.6) is 0 Å². The van der Waals surface area contributed by atoms with Crippen molar-refractivity contribution < 1.29 is 9.50 Å². The molecule has 1 aliphatic carbocycles. The number of rotatable bonds is 4. The molecular weight excluding hydrogens is 317 g/mol. The zero-order chi connectivity index (χ0) is 16.4. The number of hydrogen-bond acceptors (Lipinski definition) is 4. The predicted molar refractivity (Wildman–Crippen MR) is 89.3 cm³/mol. The number of amidine groups is 1. The molecule has 126 valence electrons. The summed E-state index contributed by atoms with van der Waals surface area (Å²) in [5, 5.41) is 16.7. The lowest BCUT2D eigenvalue weighted by Gasteiger charge is -2.28. The summed E-state index contributed by atoms with van der Waals surface area (Å²) < 4.78 is 14.1. The third kappa shape index (κ3) is 3.61. The standard InChI is InChI=1S/C17H23ClFN3O/c1-21-17(23)22(11-13-14(18)8-5-9-15(13)19)16(20-21)10-12-6-3-2-4-7-12/h5,8-9,12,17,23H,2-4,6-7,10-11H2,1H3. The van der Waals surface area contributed by atoms with Gasteiger partial charge < -0.3 is 10.0 Å². The highest BCUT2D eigenvalue weighted by atomic mass is 35.5. The van der Waals surface area contributed by atoms with E-state index >= 15 is 0 Å². The van der Waals surface area contributed by atoms with Crippen LogP contribution >= 0.6 is 11.6 Å². The maximum Gasteiger partial charge on any atom is 0.223 e. The van der Waals surface area contributed by atoms with Gasteiger partial charge in [-0.15, -0.1) is 0 Å². The molecule has 0 bridgehead atoms. The van der Waals surface area contributed by atoms with Crippen LogP contribution in [0, 0.1) is 11.7 Å². The third-order valence-corrected chi connectivity index (χ3v) is 5.16. The fourth-order valence-corrected chi connectivity index (χ4v) is 3.68. The first-order valence-electron chi connectivity index (χ1n) is 8.24. The van der Waals surface area contributed by atoms with Crippen LogP contribution in [0.25, 0.3) is 0 Å². The highest BCUT2D eigenvalue weighted by molar-refractivity contribution is 6.31. The molecule has 2 aliphatic rings. The monoisotopic (exact) mass is 339 g/mol. The second kappa shape index (κ2) is 7.05. The van der Waals surface area contributed by atoms with Gasteiger partial charge in [-0.1, -0.05) is 49.8 Å². The topological polar surface area (TPSA) is 39.1 Å². The summed E-state index contributed by atoms with van der Waals surface area (Å²) in [4.78, 5) is 1.75. The normalized spacial score (nSPS) is 22.6. The van der Waals surface area contributed by atoms with E-state index in [4.69, 9.17) is 11.6 Å². The Morgan fingerprint density at radius 3 is 2.74 bits per heavy atom. The fraction of sp³-hybridized carbons (Fsp3) is 0.588. The molecule has 4 nitrogen and oxygen atoms in total. The highest BCUT2D eigenvalue weighted by Gasteiger charge is 2.32. The fourth-order valence-electron chi connectivity index (χ4n) is 3.46. The van der Waals surface area contributed by atoms with Crippen molar-refractivity contribution in [3.8, 4) is 0 Å². The number of aliphatic hydroxyl groups is 1. The molecule has 1 aliphatic heterocycles. The molecule has 0 saturated heterocycles. The average molecular weight is 340 g/mol. The van der Waals surface area contributed by atoms with Crippen LogP contribution in [0.15, 0.2) is 23.3 Å². The molecule has 1 N–H and O–H groups in total. The quantitative estimate of drug-likeness (QED) is 0.907. The van der Waals surface area contributed by atoms with Crippen molar-refractivity contribution in [3.63, 3.8) is 0 Å². The molecule has 0 spiro atoms. The summed E-state index contributed by atoms with van der Waals surface area (Å²) in [6, 6.07) is 4.65. The SMILES string of the molecule is CN1N=C(CC2CCCCC2)N(Cc2c(F)cccc2Cl)C1O. The van der Waals surface area contributed by atoms with E-state index in [0.717, 1.165) is 12.3 Å². The second-order valence-electron chi connectivity index (χ2n) is 6.47. The number of hydrogen-bond donors (Lipinski definition) is 1. The Labute approximate surface area is 141 Å². The lowest BCUT2D eigenvalue weighted by Crippen LogP contribution is -2.41. The maximum absolute atomic E-state index is 14.1. The first kappa shape index (κ1) is 16.5. The Bertz CT molecular complexity index is 569. The number of hydrazone groups is 1. The van der Waals surface area contributed by atoms with Crippen LogP contribution in [0.3, 0.4) is 0 Å². The van der Waals surface area contributed by atoms with E-state index in [1.807, 2.05) is 0 Å². The smallest absolute Gasteiger partial charge is 0.223 e. The summed E-state index contributed by atoms with van der Waals surface area (Å²) in [5.41, 5.74) is 0.403. The molecule has 0 amide bonds. The molecular formula is C17H23ClFN3O. The van der Waals surface area contributed by atoms with Gasteiger partial charge in [0.1, 0.15) is 11.7 Å². The van der Waals surface area contributed by atoms with Crippen LogP contribution in [-0.4, -0.2) is 34.3 Å². The van der Waals surface area contributed by atoms with Gasteiger partial charge in [-0.05, 0) is 18.1 Å². The van der Waals surface area contributed by atoms with Gasteiger partial charge in [0.05, 0.1) is 6.54 Å². The molecule has 6 heteroatoms. The van der Waals surface area contributed by atoms with Crippen LogP contribution < -0.4 is 0 Å². The Morgan fingerprint density at radius 2 is 2.04 bits per heavy atom.